The van der Waals surface area contributed by atoms with Gasteiger partial charge in [-0.25, -0.2) is 4.39 Å². The van der Waals surface area contributed by atoms with E-state index in [1.807, 2.05) is 45.0 Å². The predicted molar refractivity (Wildman–Crippen MR) is 85.7 cm³/mol. The Morgan fingerprint density at radius 3 is 2.29 bits per heavy atom. The molecule has 0 aromatic heterocycles. The van der Waals surface area contributed by atoms with E-state index in [0.717, 1.165) is 17.0 Å². The third-order valence-corrected chi connectivity index (χ3v) is 3.34. The molecular weight excluding hydrogens is 289 g/mol. The van der Waals surface area contributed by atoms with E-state index in [1.165, 1.54) is 6.07 Å². The maximum absolute atomic E-state index is 13.2. The van der Waals surface area contributed by atoms with Crippen LogP contribution < -0.4 is 10.1 Å². The minimum Gasteiger partial charge on any atom is -0.491 e. The molecule has 1 N–H and O–H groups in total. The van der Waals surface area contributed by atoms with Crippen molar-refractivity contribution in [1.82, 2.24) is 0 Å². The first-order chi connectivity index (χ1) is 9.95. The zero-order valence-corrected chi connectivity index (χ0v) is 13.1. The number of halogens is 2. The molecule has 0 spiro atoms. The fourth-order valence-electron chi connectivity index (χ4n) is 2.02. The summed E-state index contributed by atoms with van der Waals surface area (Å²) in [6.45, 7) is 5.99. The van der Waals surface area contributed by atoms with Gasteiger partial charge in [-0.3, -0.25) is 0 Å². The van der Waals surface area contributed by atoms with E-state index in [4.69, 9.17) is 16.3 Å². The quantitative estimate of drug-likeness (QED) is 0.794. The van der Waals surface area contributed by atoms with Gasteiger partial charge in [0.15, 0.2) is 0 Å². The van der Waals surface area contributed by atoms with E-state index in [9.17, 15) is 4.39 Å². The summed E-state index contributed by atoms with van der Waals surface area (Å²) in [6.07, 6.45) is 0.157. The van der Waals surface area contributed by atoms with Crippen LogP contribution in [0.15, 0.2) is 42.5 Å². The molecule has 0 amide bonds. The zero-order chi connectivity index (χ0) is 15.4. The molecule has 2 nitrogen and oxygen atoms in total. The highest BCUT2D eigenvalue weighted by molar-refractivity contribution is 6.30. The summed E-state index contributed by atoms with van der Waals surface area (Å²) in [6, 6.07) is 12.5. The van der Waals surface area contributed by atoms with Crippen LogP contribution in [0.3, 0.4) is 0 Å². The van der Waals surface area contributed by atoms with Crippen LogP contribution in [0.4, 0.5) is 10.1 Å². The highest BCUT2D eigenvalue weighted by atomic mass is 35.5. The van der Waals surface area contributed by atoms with Crippen molar-refractivity contribution in [3.8, 4) is 5.75 Å². The summed E-state index contributed by atoms with van der Waals surface area (Å²) >= 11 is 5.81. The van der Waals surface area contributed by atoms with Gasteiger partial charge < -0.3 is 10.1 Å². The lowest BCUT2D eigenvalue weighted by atomic mass is 10.1. The third-order valence-electron chi connectivity index (χ3n) is 3.05. The molecule has 4 heteroatoms. The van der Waals surface area contributed by atoms with Crippen molar-refractivity contribution in [2.24, 2.45) is 0 Å². The van der Waals surface area contributed by atoms with E-state index in [2.05, 4.69) is 5.32 Å². The Morgan fingerprint density at radius 1 is 1.05 bits per heavy atom. The number of rotatable bonds is 5. The van der Waals surface area contributed by atoms with E-state index < -0.39 is 5.82 Å². The van der Waals surface area contributed by atoms with Crippen LogP contribution in [0.2, 0.25) is 5.02 Å². The van der Waals surface area contributed by atoms with Gasteiger partial charge in [-0.2, -0.15) is 0 Å². The normalized spacial score (nSPS) is 12.3. The Balaban J connectivity index is 2.04. The second-order valence-corrected chi connectivity index (χ2v) is 5.64. The van der Waals surface area contributed by atoms with E-state index in [0.29, 0.717) is 0 Å². The van der Waals surface area contributed by atoms with E-state index in [-0.39, 0.29) is 17.2 Å². The molecule has 2 rings (SSSR count). The van der Waals surface area contributed by atoms with Gasteiger partial charge in [-0.1, -0.05) is 17.7 Å². The summed E-state index contributed by atoms with van der Waals surface area (Å²) in [5, 5.41) is 3.49. The Hall–Kier alpha value is -1.74. The molecule has 0 bridgehead atoms. The molecule has 0 saturated heterocycles. The van der Waals surface area contributed by atoms with Gasteiger partial charge in [0.25, 0.3) is 0 Å². The molecule has 0 aliphatic heterocycles. The lowest BCUT2D eigenvalue weighted by Gasteiger charge is -2.17. The molecule has 1 unspecified atom stereocenters. The van der Waals surface area contributed by atoms with Gasteiger partial charge in [0.2, 0.25) is 0 Å². The van der Waals surface area contributed by atoms with Crippen LogP contribution in [0.1, 0.15) is 32.4 Å². The average molecular weight is 308 g/mol. The van der Waals surface area contributed by atoms with Crippen molar-refractivity contribution in [2.75, 3.05) is 5.32 Å². The van der Waals surface area contributed by atoms with Crippen LogP contribution in [0.5, 0.6) is 5.75 Å². The van der Waals surface area contributed by atoms with Crippen LogP contribution >= 0.6 is 11.6 Å². The average Bonchev–Trinajstić information content (AvgIpc) is 2.43. The minimum absolute atomic E-state index is 0.0277. The van der Waals surface area contributed by atoms with Crippen molar-refractivity contribution in [3.63, 3.8) is 0 Å². The highest BCUT2D eigenvalue weighted by Crippen LogP contribution is 2.25. The Labute approximate surface area is 129 Å². The molecule has 0 heterocycles. The summed E-state index contributed by atoms with van der Waals surface area (Å²) in [7, 11) is 0. The largest absolute Gasteiger partial charge is 0.491 e. The monoisotopic (exact) mass is 307 g/mol. The molecule has 2 aromatic carbocycles. The number of hydrogen-bond donors (Lipinski definition) is 1. The maximum atomic E-state index is 13.2. The number of anilines is 1. The number of hydrogen-bond acceptors (Lipinski definition) is 2. The predicted octanol–water partition coefficient (Wildman–Crippen LogP) is 5.44. The molecule has 112 valence electrons. The van der Waals surface area contributed by atoms with Crippen LogP contribution in [-0.2, 0) is 0 Å². The lowest BCUT2D eigenvalue weighted by Crippen LogP contribution is -2.07. The van der Waals surface area contributed by atoms with Crippen LogP contribution in [0, 0.1) is 5.82 Å². The van der Waals surface area contributed by atoms with Gasteiger partial charge in [0.1, 0.15) is 11.6 Å². The molecule has 21 heavy (non-hydrogen) atoms. The molecule has 1 atom stereocenters. The van der Waals surface area contributed by atoms with Crippen molar-refractivity contribution in [1.29, 1.82) is 0 Å². The van der Waals surface area contributed by atoms with Crippen molar-refractivity contribution < 1.29 is 9.13 Å². The summed E-state index contributed by atoms with van der Waals surface area (Å²) in [5.41, 5.74) is 1.91. The van der Waals surface area contributed by atoms with E-state index in [1.54, 1.807) is 12.1 Å². The molecule has 2 aromatic rings. The number of ether oxygens (including phenoxy) is 1. The SMILES string of the molecule is CC(C)Oc1ccc(NC(C)c2ccc(F)c(Cl)c2)cc1. The topological polar surface area (TPSA) is 21.3 Å². The fraction of sp³-hybridized carbons (Fsp3) is 0.294. The standard InChI is InChI=1S/C17H19ClFNO/c1-11(2)21-15-7-5-14(6-8-15)20-12(3)13-4-9-17(19)16(18)10-13/h4-12,20H,1-3H3. The summed E-state index contributed by atoms with van der Waals surface area (Å²) in [4.78, 5) is 0. The Morgan fingerprint density at radius 2 is 1.71 bits per heavy atom. The van der Waals surface area contributed by atoms with Crippen LogP contribution in [-0.4, -0.2) is 6.10 Å². The first-order valence-electron chi connectivity index (χ1n) is 6.94. The lowest BCUT2D eigenvalue weighted by molar-refractivity contribution is 0.242. The summed E-state index contributed by atoms with van der Waals surface area (Å²) < 4.78 is 18.8. The zero-order valence-electron chi connectivity index (χ0n) is 12.4. The van der Waals surface area contributed by atoms with Crippen LogP contribution in [0.25, 0.3) is 0 Å². The molecule has 0 fully saturated rings. The van der Waals surface area contributed by atoms with Crippen molar-refractivity contribution in [3.05, 3.63) is 58.9 Å². The van der Waals surface area contributed by atoms with Gasteiger partial charge >= 0.3 is 0 Å². The molecule has 0 saturated carbocycles. The fourth-order valence-corrected chi connectivity index (χ4v) is 2.21. The molecular formula is C17H19ClFNO. The second-order valence-electron chi connectivity index (χ2n) is 5.23. The van der Waals surface area contributed by atoms with Gasteiger partial charge in [0, 0.05) is 11.7 Å². The number of benzene rings is 2. The highest BCUT2D eigenvalue weighted by Gasteiger charge is 2.08. The first kappa shape index (κ1) is 15.6. The van der Waals surface area contributed by atoms with Gasteiger partial charge in [-0.15, -0.1) is 0 Å². The van der Waals surface area contributed by atoms with Gasteiger partial charge in [0.05, 0.1) is 11.1 Å². The second kappa shape index (κ2) is 6.81. The molecule has 0 radical (unpaired) electrons. The minimum atomic E-state index is -0.400. The maximum Gasteiger partial charge on any atom is 0.141 e. The smallest absolute Gasteiger partial charge is 0.141 e. The van der Waals surface area contributed by atoms with Gasteiger partial charge in [-0.05, 0) is 62.7 Å². The Kier molecular flexibility index (Phi) is 5.07. The van der Waals surface area contributed by atoms with Crippen molar-refractivity contribution >= 4 is 17.3 Å². The van der Waals surface area contributed by atoms with E-state index >= 15 is 0 Å². The third kappa shape index (κ3) is 4.36. The summed E-state index contributed by atoms with van der Waals surface area (Å²) in [5.74, 6) is 0.441. The van der Waals surface area contributed by atoms with Crippen molar-refractivity contribution in [2.45, 2.75) is 32.9 Å². The molecule has 0 aliphatic carbocycles. The number of nitrogens with one attached hydrogen (secondary N) is 1. The molecule has 0 aliphatic rings. The first-order valence-corrected chi connectivity index (χ1v) is 7.31. The Bertz CT molecular complexity index is 598.